The van der Waals surface area contributed by atoms with Gasteiger partial charge in [0.15, 0.2) is 0 Å². The molecule has 1 atom stereocenters. The maximum Gasteiger partial charge on any atom is 0.0645 e. The maximum absolute atomic E-state index is 10.0. The summed E-state index contributed by atoms with van der Waals surface area (Å²) in [7, 11) is 0. The van der Waals surface area contributed by atoms with Crippen LogP contribution in [0.25, 0.3) is 0 Å². The number of benzene rings is 1. The van der Waals surface area contributed by atoms with Crippen LogP contribution in [0, 0.1) is 0 Å². The van der Waals surface area contributed by atoms with E-state index in [-0.39, 0.29) is 6.10 Å². The Kier molecular flexibility index (Phi) is 4.07. The molecular formula is C18H26N2O2. The number of anilines is 1. The third-order valence-corrected chi connectivity index (χ3v) is 5.45. The molecule has 2 heterocycles. The number of aryl methyl sites for hydroxylation is 1. The van der Waals surface area contributed by atoms with Gasteiger partial charge in [-0.3, -0.25) is 4.90 Å². The maximum atomic E-state index is 10.0. The van der Waals surface area contributed by atoms with Gasteiger partial charge < -0.3 is 14.7 Å². The van der Waals surface area contributed by atoms with E-state index in [1.54, 1.807) is 0 Å². The molecule has 4 rings (SSSR count). The van der Waals surface area contributed by atoms with Crippen LogP contribution in [0.15, 0.2) is 18.2 Å². The summed E-state index contributed by atoms with van der Waals surface area (Å²) < 4.78 is 5.30. The number of hydrogen-bond donors (Lipinski definition) is 1. The quantitative estimate of drug-likeness (QED) is 0.839. The molecule has 120 valence electrons. The van der Waals surface area contributed by atoms with Gasteiger partial charge in [-0.25, -0.2) is 0 Å². The molecule has 1 aliphatic carbocycles. The Morgan fingerprint density at radius 2 is 1.86 bits per heavy atom. The Morgan fingerprint density at radius 1 is 1.05 bits per heavy atom. The van der Waals surface area contributed by atoms with Gasteiger partial charge in [-0.15, -0.1) is 0 Å². The lowest BCUT2D eigenvalue weighted by Crippen LogP contribution is -2.56. The van der Waals surface area contributed by atoms with Gasteiger partial charge in [0.1, 0.15) is 0 Å². The first-order valence-electron chi connectivity index (χ1n) is 8.66. The predicted molar refractivity (Wildman–Crippen MR) is 87.5 cm³/mol. The van der Waals surface area contributed by atoms with E-state index < -0.39 is 0 Å². The third-order valence-electron chi connectivity index (χ3n) is 5.45. The van der Waals surface area contributed by atoms with Gasteiger partial charge in [0.25, 0.3) is 0 Å². The fraction of sp³-hybridized carbons (Fsp3) is 0.667. The zero-order valence-electron chi connectivity index (χ0n) is 13.2. The van der Waals surface area contributed by atoms with Gasteiger partial charge in [-0.1, -0.05) is 6.07 Å². The molecule has 0 spiro atoms. The molecule has 2 aliphatic heterocycles. The highest BCUT2D eigenvalue weighted by Crippen LogP contribution is 2.27. The molecule has 0 amide bonds. The first kappa shape index (κ1) is 14.5. The summed E-state index contributed by atoms with van der Waals surface area (Å²) in [6, 6.07) is 7.55. The van der Waals surface area contributed by atoms with Crippen molar-refractivity contribution >= 4 is 5.69 Å². The van der Waals surface area contributed by atoms with Crippen molar-refractivity contribution in [3.63, 3.8) is 0 Å². The van der Waals surface area contributed by atoms with Crippen molar-refractivity contribution in [1.82, 2.24) is 4.90 Å². The Balaban J connectivity index is 1.44. The van der Waals surface area contributed by atoms with Crippen molar-refractivity contribution < 1.29 is 9.84 Å². The normalized spacial score (nSPS) is 27.1. The van der Waals surface area contributed by atoms with E-state index in [0.29, 0.717) is 6.04 Å². The highest BCUT2D eigenvalue weighted by Gasteiger charge is 2.29. The summed E-state index contributed by atoms with van der Waals surface area (Å²) in [6.07, 6.45) is 3.82. The minimum absolute atomic E-state index is 0.160. The number of fused-ring (bicyclic) bond motifs is 1. The molecule has 0 bridgehead atoms. The zero-order chi connectivity index (χ0) is 14.9. The van der Waals surface area contributed by atoms with Crippen LogP contribution < -0.4 is 4.90 Å². The van der Waals surface area contributed by atoms with E-state index >= 15 is 0 Å². The van der Waals surface area contributed by atoms with E-state index in [4.69, 9.17) is 4.74 Å². The van der Waals surface area contributed by atoms with Crippen LogP contribution in [0.4, 0.5) is 5.69 Å². The highest BCUT2D eigenvalue weighted by molar-refractivity contribution is 5.52. The average Bonchev–Trinajstić information content (AvgIpc) is 2.66. The van der Waals surface area contributed by atoms with Gasteiger partial charge in [-0.05, 0) is 48.9 Å². The topological polar surface area (TPSA) is 35.9 Å². The Bertz CT molecular complexity index is 522. The molecule has 2 fully saturated rings. The van der Waals surface area contributed by atoms with Gasteiger partial charge >= 0.3 is 0 Å². The van der Waals surface area contributed by atoms with Gasteiger partial charge in [0, 0.05) is 31.9 Å². The van der Waals surface area contributed by atoms with Crippen LogP contribution in [-0.4, -0.2) is 61.5 Å². The first-order chi connectivity index (χ1) is 10.8. The van der Waals surface area contributed by atoms with Crippen LogP contribution in [0.3, 0.4) is 0 Å². The Labute approximate surface area is 132 Å². The molecule has 2 saturated heterocycles. The van der Waals surface area contributed by atoms with Crippen molar-refractivity contribution in [2.75, 3.05) is 44.3 Å². The van der Waals surface area contributed by atoms with E-state index in [9.17, 15) is 5.11 Å². The monoisotopic (exact) mass is 302 g/mol. The fourth-order valence-electron chi connectivity index (χ4n) is 3.91. The molecule has 1 N–H and O–H groups in total. The number of aliphatic hydroxyl groups is 1. The second-order valence-corrected chi connectivity index (χ2v) is 6.92. The molecule has 3 aliphatic rings. The predicted octanol–water partition coefficient (Wildman–Crippen LogP) is 1.45. The summed E-state index contributed by atoms with van der Waals surface area (Å²) in [4.78, 5) is 5.06. The average molecular weight is 302 g/mol. The van der Waals surface area contributed by atoms with Gasteiger partial charge in [0.05, 0.1) is 25.4 Å². The molecule has 22 heavy (non-hydrogen) atoms. The molecule has 0 saturated carbocycles. The lowest BCUT2D eigenvalue weighted by atomic mass is 10.0. The number of aliphatic hydroxyl groups excluding tert-OH is 1. The second kappa shape index (κ2) is 6.19. The van der Waals surface area contributed by atoms with E-state index in [2.05, 4.69) is 28.0 Å². The molecule has 0 aromatic heterocycles. The Hall–Kier alpha value is -1.10. The van der Waals surface area contributed by atoms with E-state index in [0.717, 1.165) is 65.1 Å². The van der Waals surface area contributed by atoms with Crippen molar-refractivity contribution in [2.24, 2.45) is 0 Å². The first-order valence-corrected chi connectivity index (χ1v) is 8.66. The number of piperazine rings is 1. The van der Waals surface area contributed by atoms with Crippen LogP contribution in [0.5, 0.6) is 0 Å². The summed E-state index contributed by atoms with van der Waals surface area (Å²) in [5.41, 5.74) is 4.13. The molecule has 4 heteroatoms. The molecule has 1 unspecified atom stereocenters. The summed E-state index contributed by atoms with van der Waals surface area (Å²) in [6.45, 7) is 6.28. The van der Waals surface area contributed by atoms with Crippen molar-refractivity contribution in [3.05, 3.63) is 29.3 Å². The molecule has 0 radical (unpaired) electrons. The van der Waals surface area contributed by atoms with Crippen LogP contribution >= 0.6 is 0 Å². The van der Waals surface area contributed by atoms with Crippen molar-refractivity contribution in [3.8, 4) is 0 Å². The number of nitrogens with zero attached hydrogens (tertiary/aromatic N) is 2. The molecule has 1 aromatic rings. The Morgan fingerprint density at radius 3 is 2.59 bits per heavy atom. The number of hydrogen-bond acceptors (Lipinski definition) is 4. The summed E-state index contributed by atoms with van der Waals surface area (Å²) in [5, 5.41) is 10.0. The third kappa shape index (κ3) is 2.87. The smallest absolute Gasteiger partial charge is 0.0645 e. The lowest BCUT2D eigenvalue weighted by molar-refractivity contribution is -0.0660. The fourth-order valence-corrected chi connectivity index (χ4v) is 3.91. The highest BCUT2D eigenvalue weighted by atomic mass is 16.5. The molecule has 1 aromatic carbocycles. The van der Waals surface area contributed by atoms with Crippen molar-refractivity contribution in [2.45, 2.75) is 37.8 Å². The largest absolute Gasteiger partial charge is 0.393 e. The SMILES string of the molecule is OC1CCCc2ccc(N3CCN(C4COC4)CC3)cc2C1. The number of rotatable bonds is 2. The van der Waals surface area contributed by atoms with Crippen LogP contribution in [0.1, 0.15) is 24.0 Å². The van der Waals surface area contributed by atoms with Gasteiger partial charge in [-0.2, -0.15) is 0 Å². The van der Waals surface area contributed by atoms with Gasteiger partial charge in [0.2, 0.25) is 0 Å². The van der Waals surface area contributed by atoms with E-state index in [1.807, 2.05) is 0 Å². The van der Waals surface area contributed by atoms with Crippen LogP contribution in [0.2, 0.25) is 0 Å². The minimum atomic E-state index is -0.160. The lowest BCUT2D eigenvalue weighted by Gasteiger charge is -2.43. The number of ether oxygens (including phenoxy) is 1. The zero-order valence-corrected chi connectivity index (χ0v) is 13.2. The molecular weight excluding hydrogens is 276 g/mol. The van der Waals surface area contributed by atoms with E-state index in [1.165, 1.54) is 16.8 Å². The summed E-state index contributed by atoms with van der Waals surface area (Å²) >= 11 is 0. The standard InChI is InChI=1S/C18H26N2O2/c21-18-3-1-2-14-4-5-16(10-15(14)11-18)19-6-8-20(9-7-19)17-12-22-13-17/h4-5,10,17-18,21H,1-3,6-9,11-13H2. The minimum Gasteiger partial charge on any atom is -0.393 e. The van der Waals surface area contributed by atoms with Crippen molar-refractivity contribution in [1.29, 1.82) is 0 Å². The second-order valence-electron chi connectivity index (χ2n) is 6.92. The van der Waals surface area contributed by atoms with Crippen LogP contribution in [-0.2, 0) is 17.6 Å². The molecule has 4 nitrogen and oxygen atoms in total. The summed E-state index contributed by atoms with van der Waals surface area (Å²) in [5.74, 6) is 0.